The van der Waals surface area contributed by atoms with E-state index in [1.54, 1.807) is 36.0 Å². The van der Waals surface area contributed by atoms with Crippen LogP contribution in [0.5, 0.6) is 0 Å². The van der Waals surface area contributed by atoms with Gasteiger partial charge >= 0.3 is 5.97 Å². The minimum absolute atomic E-state index is 0.0106. The Morgan fingerprint density at radius 1 is 0.943 bits per heavy atom. The number of carbonyl (C=O) groups excluding carboxylic acids is 3. The van der Waals surface area contributed by atoms with Crippen molar-refractivity contribution < 1.29 is 24.3 Å². The highest BCUT2D eigenvalue weighted by atomic mass is 32.2. The fourth-order valence-corrected chi connectivity index (χ4v) is 3.95. The van der Waals surface area contributed by atoms with Gasteiger partial charge in [0.2, 0.25) is 17.7 Å². The highest BCUT2D eigenvalue weighted by Crippen LogP contribution is 2.07. The number of benzene rings is 1. The maximum atomic E-state index is 13.0. The van der Waals surface area contributed by atoms with Gasteiger partial charge in [-0.1, -0.05) is 30.3 Å². The van der Waals surface area contributed by atoms with Gasteiger partial charge in [-0.15, -0.1) is 0 Å². The summed E-state index contributed by atoms with van der Waals surface area (Å²) in [5.41, 5.74) is 12.1. The highest BCUT2D eigenvalue weighted by Gasteiger charge is 2.30. The number of amides is 3. The largest absolute Gasteiger partial charge is 0.480 e. The van der Waals surface area contributed by atoms with Crippen LogP contribution >= 0.6 is 24.4 Å². The molecule has 1 aromatic rings. The van der Waals surface area contributed by atoms with Crippen molar-refractivity contribution in [3.63, 3.8) is 0 Å². The second-order valence-electron chi connectivity index (χ2n) is 8.07. The number of carboxylic acids is 1. The zero-order valence-corrected chi connectivity index (χ0v) is 21.7. The Labute approximate surface area is 216 Å². The van der Waals surface area contributed by atoms with Crippen molar-refractivity contribution in [3.05, 3.63) is 35.9 Å². The van der Waals surface area contributed by atoms with E-state index in [0.29, 0.717) is 31.6 Å². The van der Waals surface area contributed by atoms with Crippen molar-refractivity contribution in [2.75, 3.05) is 24.3 Å². The molecule has 4 atom stereocenters. The molecule has 0 spiro atoms. The van der Waals surface area contributed by atoms with Gasteiger partial charge in [0, 0.05) is 12.2 Å². The molecule has 1 rings (SSSR count). The van der Waals surface area contributed by atoms with Gasteiger partial charge < -0.3 is 32.5 Å². The van der Waals surface area contributed by atoms with E-state index in [1.165, 1.54) is 0 Å². The standard InChI is InChI=1S/C23H37N5O5S2/c1-35-12-10-16(25)20(29)28-19(14-34)22(31)27-18(13-15-7-3-2-4-8-15)21(30)26-17(23(32)33)9-5-6-11-24/h2-4,7-8,16-19,34H,5-6,9-14,24-25H2,1H3,(H,26,30)(H,27,31)(H,28,29)(H,32,33). The second-order valence-corrected chi connectivity index (χ2v) is 9.42. The van der Waals surface area contributed by atoms with Gasteiger partial charge in [-0.3, -0.25) is 14.4 Å². The van der Waals surface area contributed by atoms with E-state index in [0.717, 1.165) is 5.56 Å². The summed E-state index contributed by atoms with van der Waals surface area (Å²) in [5, 5.41) is 17.2. The van der Waals surface area contributed by atoms with Crippen molar-refractivity contribution in [1.29, 1.82) is 0 Å². The molecule has 1 aromatic carbocycles. The van der Waals surface area contributed by atoms with Crippen LogP contribution < -0.4 is 27.4 Å². The first-order valence-electron chi connectivity index (χ1n) is 11.5. The SMILES string of the molecule is CSCCC(N)C(=O)NC(CS)C(=O)NC(Cc1ccccc1)C(=O)NC(CCCCN)C(=O)O. The number of hydrogen-bond acceptors (Lipinski definition) is 8. The van der Waals surface area contributed by atoms with E-state index in [4.69, 9.17) is 11.5 Å². The summed E-state index contributed by atoms with van der Waals surface area (Å²) < 4.78 is 0. The number of rotatable bonds is 17. The molecule has 0 aliphatic carbocycles. The molecule has 0 aromatic heterocycles. The first-order chi connectivity index (χ1) is 16.7. The lowest BCUT2D eigenvalue weighted by Crippen LogP contribution is -2.58. The normalized spacial score (nSPS) is 14.3. The average molecular weight is 528 g/mol. The van der Waals surface area contributed by atoms with Crippen LogP contribution in [0.4, 0.5) is 0 Å². The Morgan fingerprint density at radius 2 is 1.54 bits per heavy atom. The minimum Gasteiger partial charge on any atom is -0.480 e. The molecule has 0 fully saturated rings. The molecule has 3 amide bonds. The van der Waals surface area contributed by atoms with Crippen LogP contribution in [0.2, 0.25) is 0 Å². The van der Waals surface area contributed by atoms with Gasteiger partial charge in [0.05, 0.1) is 6.04 Å². The summed E-state index contributed by atoms with van der Waals surface area (Å²) in [5.74, 6) is -2.21. The average Bonchev–Trinajstić information content (AvgIpc) is 2.84. The second kappa shape index (κ2) is 17.2. The Hall–Kier alpha value is -2.28. The van der Waals surface area contributed by atoms with Gasteiger partial charge in [0.1, 0.15) is 18.1 Å². The third-order valence-corrected chi connectivity index (χ3v) is 6.27. The molecule has 0 saturated carbocycles. The maximum Gasteiger partial charge on any atom is 0.326 e. The molecule has 12 heteroatoms. The fourth-order valence-electron chi connectivity index (χ4n) is 3.20. The quantitative estimate of drug-likeness (QED) is 0.109. The van der Waals surface area contributed by atoms with Gasteiger partial charge in [0.15, 0.2) is 0 Å². The van der Waals surface area contributed by atoms with Gasteiger partial charge in [-0.2, -0.15) is 24.4 Å². The van der Waals surface area contributed by atoms with Crippen molar-refractivity contribution in [2.45, 2.75) is 56.3 Å². The van der Waals surface area contributed by atoms with Crippen LogP contribution in [0, 0.1) is 0 Å². The van der Waals surface area contributed by atoms with Gasteiger partial charge in [-0.05, 0) is 49.8 Å². The molecule has 10 nitrogen and oxygen atoms in total. The zero-order chi connectivity index (χ0) is 26.2. The van der Waals surface area contributed by atoms with Crippen LogP contribution in [-0.4, -0.2) is 77.3 Å². The molecule has 196 valence electrons. The van der Waals surface area contributed by atoms with E-state index in [-0.39, 0.29) is 18.6 Å². The topological polar surface area (TPSA) is 177 Å². The summed E-state index contributed by atoms with van der Waals surface area (Å²) >= 11 is 5.72. The minimum atomic E-state index is -1.17. The molecule has 35 heavy (non-hydrogen) atoms. The van der Waals surface area contributed by atoms with Crippen molar-refractivity contribution >= 4 is 48.1 Å². The summed E-state index contributed by atoms with van der Waals surface area (Å²) in [6, 6.07) is 5.04. The Bertz CT molecular complexity index is 815. The molecule has 0 heterocycles. The van der Waals surface area contributed by atoms with Crippen LogP contribution in [0.25, 0.3) is 0 Å². The summed E-state index contributed by atoms with van der Waals surface area (Å²) in [4.78, 5) is 50.0. The van der Waals surface area contributed by atoms with E-state index < -0.39 is 47.9 Å². The smallest absolute Gasteiger partial charge is 0.326 e. The number of nitrogens with one attached hydrogen (secondary N) is 3. The Kier molecular flexibility index (Phi) is 15.1. The fraction of sp³-hybridized carbons (Fsp3) is 0.565. The molecule has 0 aliphatic rings. The Balaban J connectivity index is 2.95. The summed E-state index contributed by atoms with van der Waals surface area (Å²) in [7, 11) is 0. The molecule has 0 radical (unpaired) electrons. The van der Waals surface area contributed by atoms with Crippen molar-refractivity contribution in [2.24, 2.45) is 11.5 Å². The third-order valence-electron chi connectivity index (χ3n) is 5.26. The lowest BCUT2D eigenvalue weighted by Gasteiger charge is -2.24. The zero-order valence-electron chi connectivity index (χ0n) is 19.9. The highest BCUT2D eigenvalue weighted by molar-refractivity contribution is 7.98. The first kappa shape index (κ1) is 30.8. The molecule has 8 N–H and O–H groups in total. The molecule has 0 bridgehead atoms. The van der Waals surface area contributed by atoms with Crippen LogP contribution in [0.3, 0.4) is 0 Å². The number of nitrogens with two attached hydrogens (primary N) is 2. The van der Waals surface area contributed by atoms with Crippen molar-refractivity contribution in [3.8, 4) is 0 Å². The van der Waals surface area contributed by atoms with Gasteiger partial charge in [0.25, 0.3) is 0 Å². The lowest BCUT2D eigenvalue weighted by atomic mass is 10.0. The predicted molar refractivity (Wildman–Crippen MR) is 141 cm³/mol. The number of aliphatic carboxylic acids is 1. The number of carbonyl (C=O) groups is 4. The van der Waals surface area contributed by atoms with E-state index in [2.05, 4.69) is 28.6 Å². The molecule has 0 aliphatic heterocycles. The molecule has 0 saturated heterocycles. The van der Waals surface area contributed by atoms with E-state index in [9.17, 15) is 24.3 Å². The number of carboxylic acid groups (broad SMARTS) is 1. The molecule has 4 unspecified atom stereocenters. The van der Waals surface area contributed by atoms with E-state index in [1.807, 2.05) is 12.3 Å². The molecular weight excluding hydrogens is 490 g/mol. The van der Waals surface area contributed by atoms with Crippen LogP contribution in [0.1, 0.15) is 31.2 Å². The van der Waals surface area contributed by atoms with Gasteiger partial charge in [-0.25, -0.2) is 4.79 Å². The summed E-state index contributed by atoms with van der Waals surface area (Å²) in [6.45, 7) is 0.421. The first-order valence-corrected chi connectivity index (χ1v) is 13.5. The monoisotopic (exact) mass is 527 g/mol. The Morgan fingerprint density at radius 3 is 2.11 bits per heavy atom. The maximum absolute atomic E-state index is 13.0. The lowest BCUT2D eigenvalue weighted by molar-refractivity contribution is -0.142. The number of hydrogen-bond donors (Lipinski definition) is 7. The number of thiol groups is 1. The summed E-state index contributed by atoms with van der Waals surface area (Å²) in [6.07, 6.45) is 3.87. The number of unbranched alkanes of at least 4 members (excludes halogenated alkanes) is 1. The predicted octanol–water partition coefficient (Wildman–Crippen LogP) is -0.0927. The van der Waals surface area contributed by atoms with Crippen LogP contribution in [0.15, 0.2) is 30.3 Å². The molecular formula is C23H37N5O5S2. The van der Waals surface area contributed by atoms with Crippen molar-refractivity contribution in [1.82, 2.24) is 16.0 Å². The van der Waals surface area contributed by atoms with E-state index >= 15 is 0 Å². The van der Waals surface area contributed by atoms with Crippen LogP contribution in [-0.2, 0) is 25.6 Å². The number of thioether (sulfide) groups is 1. The third kappa shape index (κ3) is 11.8.